The second-order valence-corrected chi connectivity index (χ2v) is 5.02. The minimum Gasteiger partial charge on any atom is -0.481 e. The fourth-order valence-electron chi connectivity index (χ4n) is 1.80. The highest BCUT2D eigenvalue weighted by Crippen LogP contribution is 2.41. The first kappa shape index (κ1) is 10.7. The number of carboxylic acid groups (broad SMARTS) is 1. The van der Waals surface area contributed by atoms with Crippen molar-refractivity contribution in [2.75, 3.05) is 19.0 Å². The Hall–Kier alpha value is -0.820. The number of carbonyl (C=O) groups excluding carboxylic acids is 1. The molecule has 2 fully saturated rings. The van der Waals surface area contributed by atoms with E-state index in [2.05, 4.69) is 0 Å². The van der Waals surface area contributed by atoms with Crippen molar-refractivity contribution in [2.24, 2.45) is 11.1 Å². The number of carboxylic acids is 1. The van der Waals surface area contributed by atoms with Crippen LogP contribution < -0.4 is 5.73 Å². The standard InChI is InChI=1S/C8H11FN2O3S/c9-1-8(7(13)14)2-11-5(12)4(10)6(11)15-3-8/h4,6H,1-3,10H2,(H,13,14)/t4?,6-,8?/m1/s1. The molecule has 2 heterocycles. The van der Waals surface area contributed by atoms with Gasteiger partial charge in [-0.15, -0.1) is 11.8 Å². The van der Waals surface area contributed by atoms with Crippen molar-refractivity contribution in [2.45, 2.75) is 11.4 Å². The van der Waals surface area contributed by atoms with Gasteiger partial charge in [-0.25, -0.2) is 4.39 Å². The van der Waals surface area contributed by atoms with Gasteiger partial charge in [0.15, 0.2) is 0 Å². The number of fused-ring (bicyclic) bond motifs is 1. The van der Waals surface area contributed by atoms with Crippen molar-refractivity contribution in [3.05, 3.63) is 0 Å². The summed E-state index contributed by atoms with van der Waals surface area (Å²) in [7, 11) is 0. The molecular weight excluding hydrogens is 223 g/mol. The number of rotatable bonds is 2. The van der Waals surface area contributed by atoms with Crippen molar-refractivity contribution in [3.8, 4) is 0 Å². The van der Waals surface area contributed by atoms with Crippen LogP contribution in [0.2, 0.25) is 0 Å². The maximum absolute atomic E-state index is 12.8. The van der Waals surface area contributed by atoms with Crippen LogP contribution >= 0.6 is 11.8 Å². The largest absolute Gasteiger partial charge is 0.481 e. The van der Waals surface area contributed by atoms with Gasteiger partial charge in [-0.1, -0.05) is 0 Å². The first-order valence-electron chi connectivity index (χ1n) is 4.49. The van der Waals surface area contributed by atoms with E-state index in [1.165, 1.54) is 16.7 Å². The van der Waals surface area contributed by atoms with E-state index in [-0.39, 0.29) is 23.6 Å². The summed E-state index contributed by atoms with van der Waals surface area (Å²) in [6, 6.07) is -0.554. The van der Waals surface area contributed by atoms with Gasteiger partial charge in [0.1, 0.15) is 23.5 Å². The summed E-state index contributed by atoms with van der Waals surface area (Å²) in [6.45, 7) is -1.02. The number of thioether (sulfide) groups is 1. The molecule has 0 radical (unpaired) electrons. The Morgan fingerprint density at radius 3 is 3.00 bits per heavy atom. The number of alkyl halides is 1. The van der Waals surface area contributed by atoms with Gasteiger partial charge >= 0.3 is 5.97 Å². The lowest BCUT2D eigenvalue weighted by molar-refractivity contribution is -0.157. The molecule has 1 amide bonds. The molecule has 0 aromatic rings. The number of hydrogen-bond acceptors (Lipinski definition) is 4. The van der Waals surface area contributed by atoms with E-state index in [1.807, 2.05) is 0 Å². The molecule has 2 aliphatic heterocycles. The van der Waals surface area contributed by atoms with Crippen LogP contribution in [0.5, 0.6) is 0 Å². The molecule has 15 heavy (non-hydrogen) atoms. The molecule has 0 aliphatic carbocycles. The summed E-state index contributed by atoms with van der Waals surface area (Å²) in [5, 5.41) is 8.78. The SMILES string of the molecule is NC1C(=O)N2CC(CF)(C(=O)O)CS[C@H]12. The number of nitrogens with two attached hydrogens (primary N) is 1. The number of hydrogen-bond donors (Lipinski definition) is 2. The number of carbonyl (C=O) groups is 2. The molecule has 0 aromatic carbocycles. The zero-order valence-corrected chi connectivity index (χ0v) is 8.67. The maximum atomic E-state index is 12.8. The fourth-order valence-corrected chi connectivity index (χ4v) is 3.26. The molecule has 2 saturated heterocycles. The third kappa shape index (κ3) is 1.33. The van der Waals surface area contributed by atoms with Crippen molar-refractivity contribution in [3.63, 3.8) is 0 Å². The molecular formula is C8H11FN2O3S. The van der Waals surface area contributed by atoms with Crippen LogP contribution in [0, 0.1) is 5.41 Å². The van der Waals surface area contributed by atoms with Gasteiger partial charge in [0.05, 0.1) is 0 Å². The van der Waals surface area contributed by atoms with Crippen molar-refractivity contribution in [1.29, 1.82) is 0 Å². The average molecular weight is 234 g/mol. The van der Waals surface area contributed by atoms with E-state index in [0.29, 0.717) is 0 Å². The molecule has 0 spiro atoms. The Labute approximate surface area is 89.8 Å². The zero-order chi connectivity index (χ0) is 11.2. The Bertz CT molecular complexity index is 327. The third-order valence-electron chi connectivity index (χ3n) is 2.90. The van der Waals surface area contributed by atoms with Crippen molar-refractivity contribution >= 4 is 23.6 Å². The van der Waals surface area contributed by atoms with Crippen LogP contribution in [0.25, 0.3) is 0 Å². The summed E-state index contributed by atoms with van der Waals surface area (Å²) >= 11 is 1.24. The van der Waals surface area contributed by atoms with Gasteiger partial charge in [-0.2, -0.15) is 0 Å². The Morgan fingerprint density at radius 2 is 2.47 bits per heavy atom. The monoisotopic (exact) mass is 234 g/mol. The molecule has 0 saturated carbocycles. The lowest BCUT2D eigenvalue weighted by Gasteiger charge is -2.52. The molecule has 7 heteroatoms. The number of halogens is 1. The Kier molecular flexibility index (Phi) is 2.38. The highest BCUT2D eigenvalue weighted by atomic mass is 32.2. The fraction of sp³-hybridized carbons (Fsp3) is 0.750. The van der Waals surface area contributed by atoms with Gasteiger partial charge in [-0.05, 0) is 0 Å². The summed E-state index contributed by atoms with van der Waals surface area (Å²) in [5.41, 5.74) is 4.08. The van der Waals surface area contributed by atoms with Crippen LogP contribution in [0.4, 0.5) is 4.39 Å². The first-order chi connectivity index (χ1) is 7.02. The third-order valence-corrected chi connectivity index (χ3v) is 4.50. The van der Waals surface area contributed by atoms with Crippen LogP contribution in [0.3, 0.4) is 0 Å². The zero-order valence-electron chi connectivity index (χ0n) is 7.85. The smallest absolute Gasteiger partial charge is 0.314 e. The minimum atomic E-state index is -1.45. The molecule has 3 atom stereocenters. The van der Waals surface area contributed by atoms with Crippen molar-refractivity contribution < 1.29 is 19.1 Å². The summed E-state index contributed by atoms with van der Waals surface area (Å²) in [5.74, 6) is -1.31. The van der Waals surface area contributed by atoms with Gasteiger partial charge in [0.25, 0.3) is 0 Å². The van der Waals surface area contributed by atoms with Crippen LogP contribution in [-0.4, -0.2) is 52.3 Å². The van der Waals surface area contributed by atoms with Crippen molar-refractivity contribution in [1.82, 2.24) is 4.90 Å². The first-order valence-corrected chi connectivity index (χ1v) is 5.54. The predicted molar refractivity (Wildman–Crippen MR) is 52.0 cm³/mol. The lowest BCUT2D eigenvalue weighted by atomic mass is 9.89. The molecule has 2 aliphatic rings. The van der Waals surface area contributed by atoms with Crippen LogP contribution in [0.15, 0.2) is 0 Å². The molecule has 2 unspecified atom stereocenters. The molecule has 0 bridgehead atoms. The summed E-state index contributed by atoms with van der Waals surface area (Å²) in [6.07, 6.45) is 0. The molecule has 5 nitrogen and oxygen atoms in total. The van der Waals surface area contributed by atoms with E-state index in [4.69, 9.17) is 10.8 Å². The normalized spacial score (nSPS) is 39.6. The second-order valence-electron chi connectivity index (χ2n) is 3.91. The van der Waals surface area contributed by atoms with Gasteiger partial charge in [0, 0.05) is 12.3 Å². The summed E-state index contributed by atoms with van der Waals surface area (Å²) in [4.78, 5) is 23.6. The van der Waals surface area contributed by atoms with Gasteiger partial charge in [-0.3, -0.25) is 9.59 Å². The number of amides is 1. The number of aliphatic carboxylic acids is 1. The topological polar surface area (TPSA) is 83.6 Å². The molecule has 2 rings (SSSR count). The Morgan fingerprint density at radius 1 is 1.80 bits per heavy atom. The van der Waals surface area contributed by atoms with E-state index < -0.39 is 24.1 Å². The Balaban J connectivity index is 2.15. The number of β-lactam (4-membered cyclic amide) rings is 1. The average Bonchev–Trinajstić information content (AvgIpc) is 2.26. The lowest BCUT2D eigenvalue weighted by Crippen LogP contribution is -2.72. The van der Waals surface area contributed by atoms with E-state index in [1.54, 1.807) is 0 Å². The summed E-state index contributed by atoms with van der Waals surface area (Å²) < 4.78 is 12.8. The molecule has 84 valence electrons. The highest BCUT2D eigenvalue weighted by Gasteiger charge is 2.55. The quantitative estimate of drug-likeness (QED) is 0.615. The maximum Gasteiger partial charge on any atom is 0.314 e. The second kappa shape index (κ2) is 3.34. The van der Waals surface area contributed by atoms with Crippen LogP contribution in [-0.2, 0) is 9.59 Å². The highest BCUT2D eigenvalue weighted by molar-refractivity contribution is 8.00. The van der Waals surface area contributed by atoms with E-state index in [9.17, 15) is 14.0 Å². The van der Waals surface area contributed by atoms with E-state index in [0.717, 1.165) is 0 Å². The van der Waals surface area contributed by atoms with Gasteiger partial charge in [0.2, 0.25) is 5.91 Å². The molecule has 0 aromatic heterocycles. The van der Waals surface area contributed by atoms with Gasteiger partial charge < -0.3 is 15.7 Å². The predicted octanol–water partition coefficient (Wildman–Crippen LogP) is -0.731. The molecule has 3 N–H and O–H groups in total. The van der Waals surface area contributed by atoms with E-state index >= 15 is 0 Å². The van der Waals surface area contributed by atoms with Crippen LogP contribution in [0.1, 0.15) is 0 Å². The minimum absolute atomic E-state index is 0.0664. The number of nitrogens with zero attached hydrogens (tertiary/aromatic N) is 1.